The molecule has 0 aromatic heterocycles. The summed E-state index contributed by atoms with van der Waals surface area (Å²) in [5.41, 5.74) is 2.52. The van der Waals surface area contributed by atoms with Crippen molar-refractivity contribution in [2.45, 2.75) is 13.8 Å². The van der Waals surface area contributed by atoms with E-state index in [0.29, 0.717) is 0 Å². The Hall–Kier alpha value is -1.33. The van der Waals surface area contributed by atoms with Crippen molar-refractivity contribution in [3.63, 3.8) is 0 Å². The molecular formula is C16H19OP. The van der Waals surface area contributed by atoms with Gasteiger partial charge in [-0.15, -0.1) is 0 Å². The highest BCUT2D eigenvalue weighted by Gasteiger charge is 2.15. The average Bonchev–Trinajstić information content (AvgIpc) is 2.38. The standard InChI is InChI=1S/C16H19OP/c1-12-10-13(2)16(17-3)15(11-12)18(4)14-8-6-5-7-9-14/h5-11H,1-4H3/t18-/m1/s1. The summed E-state index contributed by atoms with van der Waals surface area (Å²) in [6.07, 6.45) is 0. The lowest BCUT2D eigenvalue weighted by Crippen LogP contribution is -2.14. The molecule has 0 saturated heterocycles. The Morgan fingerprint density at radius 1 is 1.00 bits per heavy atom. The van der Waals surface area contributed by atoms with Crippen LogP contribution in [-0.2, 0) is 0 Å². The van der Waals surface area contributed by atoms with E-state index in [1.165, 1.54) is 21.7 Å². The lowest BCUT2D eigenvalue weighted by Gasteiger charge is -2.19. The number of methoxy groups -OCH3 is 1. The molecule has 0 unspecified atom stereocenters. The van der Waals surface area contributed by atoms with E-state index in [4.69, 9.17) is 4.74 Å². The number of hydrogen-bond donors (Lipinski definition) is 0. The first-order valence-electron chi connectivity index (χ1n) is 6.07. The van der Waals surface area contributed by atoms with E-state index >= 15 is 0 Å². The fourth-order valence-electron chi connectivity index (χ4n) is 2.24. The second-order valence-corrected chi connectivity index (χ2v) is 6.64. The predicted molar refractivity (Wildman–Crippen MR) is 81.0 cm³/mol. The van der Waals surface area contributed by atoms with E-state index < -0.39 is 0 Å². The fraction of sp³-hybridized carbons (Fsp3) is 0.250. The van der Waals surface area contributed by atoms with Gasteiger partial charge in [-0.2, -0.15) is 0 Å². The van der Waals surface area contributed by atoms with Crippen LogP contribution in [0.4, 0.5) is 0 Å². The Kier molecular flexibility index (Phi) is 4.04. The average molecular weight is 258 g/mol. The molecule has 2 heteroatoms. The molecule has 18 heavy (non-hydrogen) atoms. The Labute approximate surface area is 111 Å². The summed E-state index contributed by atoms with van der Waals surface area (Å²) >= 11 is 0. The fourth-order valence-corrected chi connectivity index (χ4v) is 4.10. The highest BCUT2D eigenvalue weighted by atomic mass is 31.1. The third-order valence-corrected chi connectivity index (χ3v) is 5.24. The second kappa shape index (κ2) is 5.54. The molecule has 2 aromatic carbocycles. The van der Waals surface area contributed by atoms with Crippen molar-refractivity contribution in [3.8, 4) is 5.75 Å². The maximum absolute atomic E-state index is 5.59. The molecule has 1 nitrogen and oxygen atoms in total. The summed E-state index contributed by atoms with van der Waals surface area (Å²) in [6.45, 7) is 6.55. The minimum atomic E-state index is -0.355. The molecule has 0 aliphatic carbocycles. The molecule has 0 aliphatic heterocycles. The minimum Gasteiger partial charge on any atom is -0.496 e. The zero-order chi connectivity index (χ0) is 13.1. The van der Waals surface area contributed by atoms with Gasteiger partial charge in [0.1, 0.15) is 5.75 Å². The summed E-state index contributed by atoms with van der Waals surface area (Å²) in [6, 6.07) is 15.1. The van der Waals surface area contributed by atoms with Crippen molar-refractivity contribution in [2.75, 3.05) is 13.8 Å². The highest BCUT2D eigenvalue weighted by Crippen LogP contribution is 2.35. The monoisotopic (exact) mass is 258 g/mol. The maximum Gasteiger partial charge on any atom is 0.129 e. The lowest BCUT2D eigenvalue weighted by atomic mass is 10.1. The minimum absolute atomic E-state index is 0.355. The van der Waals surface area contributed by atoms with Gasteiger partial charge in [0.25, 0.3) is 0 Å². The second-order valence-electron chi connectivity index (χ2n) is 4.53. The molecule has 2 aromatic rings. The number of rotatable bonds is 3. The SMILES string of the molecule is COc1c(C)cc(C)cc1[P@](C)c1ccccc1. The van der Waals surface area contributed by atoms with Gasteiger partial charge in [0, 0.05) is 5.30 Å². The van der Waals surface area contributed by atoms with E-state index in [2.05, 4.69) is 63.0 Å². The number of ether oxygens (including phenoxy) is 1. The summed E-state index contributed by atoms with van der Waals surface area (Å²) in [4.78, 5) is 0. The van der Waals surface area contributed by atoms with Gasteiger partial charge in [-0.05, 0) is 50.9 Å². The van der Waals surface area contributed by atoms with Gasteiger partial charge >= 0.3 is 0 Å². The van der Waals surface area contributed by atoms with E-state index in [9.17, 15) is 0 Å². The molecule has 0 spiro atoms. The van der Waals surface area contributed by atoms with Crippen LogP contribution in [0.2, 0.25) is 0 Å². The topological polar surface area (TPSA) is 9.23 Å². The Morgan fingerprint density at radius 3 is 2.28 bits per heavy atom. The van der Waals surface area contributed by atoms with Gasteiger partial charge in [0.2, 0.25) is 0 Å². The van der Waals surface area contributed by atoms with Crippen LogP contribution in [0.15, 0.2) is 42.5 Å². The zero-order valence-electron chi connectivity index (χ0n) is 11.4. The van der Waals surface area contributed by atoms with Crippen LogP contribution in [0.1, 0.15) is 11.1 Å². The van der Waals surface area contributed by atoms with E-state index in [1.54, 1.807) is 7.11 Å². The first kappa shape index (κ1) is 13.1. The Morgan fingerprint density at radius 2 is 1.67 bits per heavy atom. The van der Waals surface area contributed by atoms with E-state index in [1.807, 2.05) is 0 Å². The van der Waals surface area contributed by atoms with Crippen molar-refractivity contribution < 1.29 is 4.74 Å². The van der Waals surface area contributed by atoms with Crippen molar-refractivity contribution in [2.24, 2.45) is 0 Å². The van der Waals surface area contributed by atoms with Crippen molar-refractivity contribution >= 4 is 18.5 Å². The Balaban J connectivity index is 2.50. The van der Waals surface area contributed by atoms with Crippen LogP contribution in [0.25, 0.3) is 0 Å². The Bertz CT molecular complexity index is 534. The molecule has 2 rings (SSSR count). The lowest BCUT2D eigenvalue weighted by molar-refractivity contribution is 0.415. The molecule has 0 heterocycles. The van der Waals surface area contributed by atoms with Gasteiger partial charge < -0.3 is 4.74 Å². The smallest absolute Gasteiger partial charge is 0.129 e. The molecule has 0 bridgehead atoms. The third-order valence-electron chi connectivity index (χ3n) is 3.11. The van der Waals surface area contributed by atoms with Gasteiger partial charge in [0.15, 0.2) is 0 Å². The van der Waals surface area contributed by atoms with Gasteiger partial charge in [0.05, 0.1) is 7.11 Å². The summed E-state index contributed by atoms with van der Waals surface area (Å²) < 4.78 is 5.59. The third kappa shape index (κ3) is 2.57. The van der Waals surface area contributed by atoms with Crippen molar-refractivity contribution in [3.05, 3.63) is 53.6 Å². The first-order chi connectivity index (χ1) is 8.63. The van der Waals surface area contributed by atoms with Crippen LogP contribution < -0.4 is 15.3 Å². The molecule has 0 amide bonds. The van der Waals surface area contributed by atoms with Crippen LogP contribution in [0, 0.1) is 13.8 Å². The number of aryl methyl sites for hydroxylation is 2. The van der Waals surface area contributed by atoms with E-state index in [0.717, 1.165) is 5.75 Å². The summed E-state index contributed by atoms with van der Waals surface area (Å²) in [5.74, 6) is 1.04. The molecule has 1 atom stereocenters. The quantitative estimate of drug-likeness (QED) is 0.767. The molecular weight excluding hydrogens is 239 g/mol. The van der Waals surface area contributed by atoms with Crippen molar-refractivity contribution in [1.82, 2.24) is 0 Å². The number of hydrogen-bond acceptors (Lipinski definition) is 1. The van der Waals surface area contributed by atoms with Crippen molar-refractivity contribution in [1.29, 1.82) is 0 Å². The van der Waals surface area contributed by atoms with Gasteiger partial charge in [-0.3, -0.25) is 0 Å². The largest absolute Gasteiger partial charge is 0.496 e. The van der Waals surface area contributed by atoms with Crippen LogP contribution >= 0.6 is 7.92 Å². The van der Waals surface area contributed by atoms with E-state index in [-0.39, 0.29) is 7.92 Å². The van der Waals surface area contributed by atoms with Crippen LogP contribution in [-0.4, -0.2) is 13.8 Å². The normalized spacial score (nSPS) is 12.2. The van der Waals surface area contributed by atoms with Gasteiger partial charge in [-0.25, -0.2) is 0 Å². The molecule has 0 saturated carbocycles. The zero-order valence-corrected chi connectivity index (χ0v) is 12.3. The summed E-state index contributed by atoms with van der Waals surface area (Å²) in [5, 5.41) is 2.71. The molecule has 0 fully saturated rings. The summed E-state index contributed by atoms with van der Waals surface area (Å²) in [7, 11) is 1.40. The molecule has 0 radical (unpaired) electrons. The highest BCUT2D eigenvalue weighted by molar-refractivity contribution is 7.72. The van der Waals surface area contributed by atoms with Gasteiger partial charge in [-0.1, -0.05) is 36.4 Å². The molecule has 0 N–H and O–H groups in total. The number of benzene rings is 2. The predicted octanol–water partition coefficient (Wildman–Crippen LogP) is 3.37. The van der Waals surface area contributed by atoms with Crippen LogP contribution in [0.3, 0.4) is 0 Å². The first-order valence-corrected chi connectivity index (χ1v) is 7.86. The molecule has 94 valence electrons. The molecule has 0 aliphatic rings. The van der Waals surface area contributed by atoms with Crippen LogP contribution in [0.5, 0.6) is 5.75 Å². The maximum atomic E-state index is 5.59.